The summed E-state index contributed by atoms with van der Waals surface area (Å²) in [7, 11) is 0. The first kappa shape index (κ1) is 11.6. The van der Waals surface area contributed by atoms with Crippen molar-refractivity contribution >= 4 is 16.9 Å². The highest BCUT2D eigenvalue weighted by atomic mass is 16.4. The van der Waals surface area contributed by atoms with Gasteiger partial charge in [-0.2, -0.15) is 0 Å². The molecule has 0 aliphatic carbocycles. The highest BCUT2D eigenvalue weighted by Crippen LogP contribution is 2.16. The predicted molar refractivity (Wildman–Crippen MR) is 67.1 cm³/mol. The topological polar surface area (TPSA) is 50.2 Å². The smallest absolute Gasteiger partial charge is 0.303 e. The molecular formula is C14H15NO2. The minimum absolute atomic E-state index is 0.214. The van der Waals surface area contributed by atoms with Crippen molar-refractivity contribution in [2.45, 2.75) is 26.2 Å². The van der Waals surface area contributed by atoms with Crippen molar-refractivity contribution in [2.24, 2.45) is 0 Å². The van der Waals surface area contributed by atoms with Gasteiger partial charge in [0.05, 0.1) is 5.52 Å². The number of fused-ring (bicyclic) bond motifs is 1. The molecule has 1 N–H and O–H groups in total. The highest BCUT2D eigenvalue weighted by Gasteiger charge is 2.01. The minimum Gasteiger partial charge on any atom is -0.481 e. The van der Waals surface area contributed by atoms with Crippen LogP contribution in [-0.2, 0) is 11.2 Å². The SMILES string of the molecule is Cc1ccc2ncc(CCCC(=O)O)cc2c1. The molecule has 0 bridgehead atoms. The lowest BCUT2D eigenvalue weighted by molar-refractivity contribution is -0.137. The number of carboxylic acids is 1. The van der Waals surface area contributed by atoms with Gasteiger partial charge in [0.2, 0.25) is 0 Å². The molecule has 0 aliphatic rings. The summed E-state index contributed by atoms with van der Waals surface area (Å²) in [5.41, 5.74) is 3.30. The summed E-state index contributed by atoms with van der Waals surface area (Å²) in [6.45, 7) is 2.05. The summed E-state index contributed by atoms with van der Waals surface area (Å²) < 4.78 is 0. The van der Waals surface area contributed by atoms with E-state index >= 15 is 0 Å². The Labute approximate surface area is 100 Å². The van der Waals surface area contributed by atoms with Gasteiger partial charge in [-0.25, -0.2) is 0 Å². The minimum atomic E-state index is -0.741. The summed E-state index contributed by atoms with van der Waals surface area (Å²) in [5.74, 6) is -0.741. The Morgan fingerprint density at radius 1 is 1.35 bits per heavy atom. The van der Waals surface area contributed by atoms with Gasteiger partial charge in [0.15, 0.2) is 0 Å². The second-order valence-electron chi connectivity index (χ2n) is 4.29. The van der Waals surface area contributed by atoms with Crippen LogP contribution in [0.3, 0.4) is 0 Å². The van der Waals surface area contributed by atoms with Crippen LogP contribution in [-0.4, -0.2) is 16.1 Å². The van der Waals surface area contributed by atoms with Crippen molar-refractivity contribution in [3.05, 3.63) is 41.6 Å². The largest absolute Gasteiger partial charge is 0.481 e. The maximum Gasteiger partial charge on any atom is 0.303 e. The van der Waals surface area contributed by atoms with Crippen molar-refractivity contribution in [3.63, 3.8) is 0 Å². The van der Waals surface area contributed by atoms with E-state index in [1.807, 2.05) is 18.3 Å². The number of carboxylic acid groups (broad SMARTS) is 1. The van der Waals surface area contributed by atoms with Gasteiger partial charge in [0, 0.05) is 18.0 Å². The summed E-state index contributed by atoms with van der Waals surface area (Å²) in [4.78, 5) is 14.8. The lowest BCUT2D eigenvalue weighted by Gasteiger charge is -2.03. The number of hydrogen-bond donors (Lipinski definition) is 1. The molecule has 3 heteroatoms. The number of pyridine rings is 1. The van der Waals surface area contributed by atoms with E-state index in [0.29, 0.717) is 6.42 Å². The lowest BCUT2D eigenvalue weighted by Crippen LogP contribution is -1.96. The van der Waals surface area contributed by atoms with Crippen LogP contribution >= 0.6 is 0 Å². The van der Waals surface area contributed by atoms with Crippen LogP contribution in [0.15, 0.2) is 30.5 Å². The fourth-order valence-electron chi connectivity index (χ4n) is 1.88. The number of nitrogens with zero attached hydrogens (tertiary/aromatic N) is 1. The van der Waals surface area contributed by atoms with Crippen LogP contribution in [0.1, 0.15) is 24.0 Å². The molecule has 0 aliphatic heterocycles. The molecule has 0 fully saturated rings. The molecule has 0 saturated heterocycles. The van der Waals surface area contributed by atoms with Crippen LogP contribution in [0.5, 0.6) is 0 Å². The number of hydrogen-bond acceptors (Lipinski definition) is 2. The second-order valence-corrected chi connectivity index (χ2v) is 4.29. The number of aryl methyl sites for hydroxylation is 2. The van der Waals surface area contributed by atoms with Crippen LogP contribution in [0, 0.1) is 6.92 Å². The molecule has 3 nitrogen and oxygen atoms in total. The van der Waals surface area contributed by atoms with Gasteiger partial charge in [-0.15, -0.1) is 0 Å². The number of aromatic nitrogens is 1. The van der Waals surface area contributed by atoms with E-state index in [0.717, 1.165) is 22.9 Å². The van der Waals surface area contributed by atoms with Crippen LogP contribution in [0.25, 0.3) is 10.9 Å². The third-order valence-electron chi connectivity index (χ3n) is 2.75. The van der Waals surface area contributed by atoms with Gasteiger partial charge >= 0.3 is 5.97 Å². The Morgan fingerprint density at radius 2 is 2.18 bits per heavy atom. The Kier molecular flexibility index (Phi) is 3.38. The number of carbonyl (C=O) groups is 1. The Hall–Kier alpha value is -1.90. The molecular weight excluding hydrogens is 214 g/mol. The Bertz CT molecular complexity index is 549. The Morgan fingerprint density at radius 3 is 2.94 bits per heavy atom. The first-order valence-corrected chi connectivity index (χ1v) is 5.72. The zero-order valence-electron chi connectivity index (χ0n) is 9.81. The molecule has 0 atom stereocenters. The molecule has 2 rings (SSSR count). The lowest BCUT2D eigenvalue weighted by atomic mass is 10.1. The summed E-state index contributed by atoms with van der Waals surface area (Å²) in [6.07, 6.45) is 3.48. The third-order valence-corrected chi connectivity index (χ3v) is 2.75. The maximum absolute atomic E-state index is 10.4. The van der Waals surface area contributed by atoms with Gasteiger partial charge in [0.25, 0.3) is 0 Å². The molecule has 1 aromatic heterocycles. The van der Waals surface area contributed by atoms with Crippen LogP contribution in [0.4, 0.5) is 0 Å². The molecule has 88 valence electrons. The monoisotopic (exact) mass is 229 g/mol. The fourth-order valence-corrected chi connectivity index (χ4v) is 1.88. The van der Waals surface area contributed by atoms with Crippen LogP contribution in [0.2, 0.25) is 0 Å². The van der Waals surface area contributed by atoms with E-state index in [9.17, 15) is 4.79 Å². The van der Waals surface area contributed by atoms with Crippen molar-refractivity contribution < 1.29 is 9.90 Å². The second kappa shape index (κ2) is 4.95. The molecule has 0 spiro atoms. The van der Waals surface area contributed by atoms with Gasteiger partial charge in [0.1, 0.15) is 0 Å². The third kappa shape index (κ3) is 3.03. The van der Waals surface area contributed by atoms with Crippen molar-refractivity contribution in [3.8, 4) is 0 Å². The highest BCUT2D eigenvalue weighted by molar-refractivity contribution is 5.79. The van der Waals surface area contributed by atoms with Gasteiger partial charge in [-0.1, -0.05) is 11.6 Å². The molecule has 0 unspecified atom stereocenters. The Balaban J connectivity index is 2.16. The zero-order chi connectivity index (χ0) is 12.3. The molecule has 2 aromatic rings. The summed E-state index contributed by atoms with van der Waals surface area (Å²) in [5, 5.41) is 9.71. The van der Waals surface area contributed by atoms with Crippen molar-refractivity contribution in [1.29, 1.82) is 0 Å². The molecule has 1 heterocycles. The van der Waals surface area contributed by atoms with E-state index in [2.05, 4.69) is 24.0 Å². The van der Waals surface area contributed by atoms with E-state index in [1.54, 1.807) is 0 Å². The number of benzene rings is 1. The van der Waals surface area contributed by atoms with E-state index < -0.39 is 5.97 Å². The standard InChI is InChI=1S/C14H15NO2/c1-10-5-6-13-12(7-10)8-11(9-15-13)3-2-4-14(16)17/h5-9H,2-4H2,1H3,(H,16,17). The maximum atomic E-state index is 10.4. The average Bonchev–Trinajstić information content (AvgIpc) is 2.28. The quantitative estimate of drug-likeness (QED) is 0.876. The van der Waals surface area contributed by atoms with Crippen LogP contribution < -0.4 is 0 Å². The average molecular weight is 229 g/mol. The zero-order valence-corrected chi connectivity index (χ0v) is 9.81. The summed E-state index contributed by atoms with van der Waals surface area (Å²) >= 11 is 0. The summed E-state index contributed by atoms with van der Waals surface area (Å²) in [6, 6.07) is 8.24. The van der Waals surface area contributed by atoms with E-state index in [-0.39, 0.29) is 6.42 Å². The van der Waals surface area contributed by atoms with Gasteiger partial charge < -0.3 is 5.11 Å². The van der Waals surface area contributed by atoms with Crippen molar-refractivity contribution in [2.75, 3.05) is 0 Å². The van der Waals surface area contributed by atoms with Crippen molar-refractivity contribution in [1.82, 2.24) is 4.98 Å². The molecule has 0 radical (unpaired) electrons. The van der Waals surface area contributed by atoms with E-state index in [4.69, 9.17) is 5.11 Å². The van der Waals surface area contributed by atoms with Gasteiger partial charge in [-0.3, -0.25) is 9.78 Å². The molecule has 0 saturated carbocycles. The predicted octanol–water partition coefficient (Wildman–Crippen LogP) is 2.95. The molecule has 1 aromatic carbocycles. The number of rotatable bonds is 4. The molecule has 17 heavy (non-hydrogen) atoms. The van der Waals surface area contributed by atoms with Gasteiger partial charge in [-0.05, 0) is 43.5 Å². The van der Waals surface area contributed by atoms with E-state index in [1.165, 1.54) is 5.56 Å². The normalized spacial score (nSPS) is 10.6. The number of aliphatic carboxylic acids is 1. The fraction of sp³-hybridized carbons (Fsp3) is 0.286. The first-order valence-electron chi connectivity index (χ1n) is 5.72. The first-order chi connectivity index (χ1) is 8.15. The molecule has 0 amide bonds.